The molecule has 0 bridgehead atoms. The molecule has 0 atom stereocenters. The molecule has 0 spiro atoms. The SMILES string of the molecule is COc1ncnc2c(N3CCS(=O)CC3)nc(N3CCNCC3)nc12. The maximum absolute atomic E-state index is 11.7. The lowest BCUT2D eigenvalue weighted by molar-refractivity contribution is 0.401. The van der Waals surface area contributed by atoms with Crippen molar-refractivity contribution in [3.8, 4) is 5.88 Å². The van der Waals surface area contributed by atoms with Gasteiger partial charge in [-0.25, -0.2) is 9.97 Å². The second-order valence-corrected chi connectivity index (χ2v) is 7.70. The lowest BCUT2D eigenvalue weighted by Crippen LogP contribution is -2.44. The summed E-state index contributed by atoms with van der Waals surface area (Å²) >= 11 is 0. The lowest BCUT2D eigenvalue weighted by atomic mass is 10.3. The number of fused-ring (bicyclic) bond motifs is 1. The molecule has 2 fully saturated rings. The van der Waals surface area contributed by atoms with Gasteiger partial charge in [0.05, 0.1) is 7.11 Å². The molecule has 134 valence electrons. The summed E-state index contributed by atoms with van der Waals surface area (Å²) in [6.07, 6.45) is 1.47. The van der Waals surface area contributed by atoms with Gasteiger partial charge in [0.25, 0.3) is 0 Å². The number of hydrogen-bond donors (Lipinski definition) is 1. The number of piperazine rings is 1. The van der Waals surface area contributed by atoms with Gasteiger partial charge in [0, 0.05) is 61.6 Å². The molecule has 2 aromatic rings. The van der Waals surface area contributed by atoms with E-state index in [2.05, 4.69) is 25.1 Å². The average molecular weight is 363 g/mol. The summed E-state index contributed by atoms with van der Waals surface area (Å²) in [7, 11) is 0.836. The highest BCUT2D eigenvalue weighted by atomic mass is 32.2. The first-order chi connectivity index (χ1) is 12.3. The van der Waals surface area contributed by atoms with Crippen molar-refractivity contribution in [3.63, 3.8) is 0 Å². The van der Waals surface area contributed by atoms with Gasteiger partial charge < -0.3 is 19.9 Å². The number of nitrogens with zero attached hydrogens (tertiary/aromatic N) is 6. The third kappa shape index (κ3) is 3.23. The number of methoxy groups -OCH3 is 1. The maximum atomic E-state index is 11.7. The van der Waals surface area contributed by atoms with E-state index in [9.17, 15) is 4.21 Å². The van der Waals surface area contributed by atoms with Crippen molar-refractivity contribution in [1.82, 2.24) is 25.3 Å². The Balaban J connectivity index is 1.82. The molecular weight excluding hydrogens is 342 g/mol. The summed E-state index contributed by atoms with van der Waals surface area (Å²) in [5.41, 5.74) is 1.30. The number of aromatic nitrogens is 4. The molecule has 2 saturated heterocycles. The van der Waals surface area contributed by atoms with E-state index in [0.717, 1.165) is 32.0 Å². The first-order valence-corrected chi connectivity index (χ1v) is 9.87. The number of anilines is 2. The fourth-order valence-corrected chi connectivity index (χ4v) is 4.18. The third-order valence-corrected chi connectivity index (χ3v) is 5.76. The highest BCUT2D eigenvalue weighted by Crippen LogP contribution is 2.29. The lowest BCUT2D eigenvalue weighted by Gasteiger charge is -2.31. The van der Waals surface area contributed by atoms with Crippen molar-refractivity contribution in [2.75, 3.05) is 67.7 Å². The molecule has 4 rings (SSSR count). The van der Waals surface area contributed by atoms with Crippen LogP contribution < -0.4 is 19.9 Å². The van der Waals surface area contributed by atoms with Crippen LogP contribution in [0.15, 0.2) is 6.33 Å². The minimum atomic E-state index is -0.745. The Morgan fingerprint density at radius 1 is 1.04 bits per heavy atom. The molecule has 0 aliphatic carbocycles. The largest absolute Gasteiger partial charge is 0.479 e. The van der Waals surface area contributed by atoms with Gasteiger partial charge in [0.15, 0.2) is 11.3 Å². The van der Waals surface area contributed by atoms with Gasteiger partial charge in [-0.1, -0.05) is 0 Å². The molecular formula is C15H21N7O2S. The molecule has 1 N–H and O–H groups in total. The van der Waals surface area contributed by atoms with E-state index in [1.165, 1.54) is 6.33 Å². The van der Waals surface area contributed by atoms with Crippen LogP contribution >= 0.6 is 0 Å². The topological polar surface area (TPSA) is 96.4 Å². The van der Waals surface area contributed by atoms with E-state index in [-0.39, 0.29) is 0 Å². The van der Waals surface area contributed by atoms with Crippen molar-refractivity contribution < 1.29 is 8.95 Å². The van der Waals surface area contributed by atoms with Gasteiger partial charge in [-0.05, 0) is 0 Å². The highest BCUT2D eigenvalue weighted by molar-refractivity contribution is 7.85. The van der Waals surface area contributed by atoms with Gasteiger partial charge in [-0.2, -0.15) is 9.97 Å². The van der Waals surface area contributed by atoms with E-state index in [4.69, 9.17) is 14.7 Å². The van der Waals surface area contributed by atoms with Crippen molar-refractivity contribution in [1.29, 1.82) is 0 Å². The Labute approximate surface area is 148 Å². The summed E-state index contributed by atoms with van der Waals surface area (Å²) in [6, 6.07) is 0. The van der Waals surface area contributed by atoms with Crippen molar-refractivity contribution >= 4 is 33.6 Å². The Morgan fingerprint density at radius 3 is 2.52 bits per heavy atom. The fourth-order valence-electron chi connectivity index (χ4n) is 3.13. The third-order valence-electron chi connectivity index (χ3n) is 4.49. The van der Waals surface area contributed by atoms with Crippen LogP contribution in [0.3, 0.4) is 0 Å². The molecule has 2 aromatic heterocycles. The molecule has 9 nitrogen and oxygen atoms in total. The quantitative estimate of drug-likeness (QED) is 0.767. The number of ether oxygens (including phenoxy) is 1. The van der Waals surface area contributed by atoms with E-state index in [1.807, 2.05) is 0 Å². The van der Waals surface area contributed by atoms with Gasteiger partial charge in [-0.3, -0.25) is 4.21 Å². The molecule has 25 heavy (non-hydrogen) atoms. The molecule has 0 aromatic carbocycles. The zero-order chi connectivity index (χ0) is 17.2. The Morgan fingerprint density at radius 2 is 1.80 bits per heavy atom. The zero-order valence-electron chi connectivity index (χ0n) is 14.1. The van der Waals surface area contributed by atoms with E-state index in [0.29, 0.717) is 47.5 Å². The van der Waals surface area contributed by atoms with Crippen molar-refractivity contribution in [3.05, 3.63) is 6.33 Å². The normalized spacial score (nSPS) is 19.4. The molecule has 10 heteroatoms. The Kier molecular flexibility index (Phi) is 4.62. The van der Waals surface area contributed by atoms with Crippen LogP contribution in [0, 0.1) is 0 Å². The second kappa shape index (κ2) is 7.04. The van der Waals surface area contributed by atoms with Gasteiger partial charge >= 0.3 is 0 Å². The van der Waals surface area contributed by atoms with E-state index >= 15 is 0 Å². The number of hydrogen-bond acceptors (Lipinski definition) is 9. The molecule has 0 saturated carbocycles. The van der Waals surface area contributed by atoms with Crippen LogP contribution in [-0.2, 0) is 10.8 Å². The summed E-state index contributed by atoms with van der Waals surface area (Å²) in [5, 5.41) is 3.34. The Bertz CT molecular complexity index is 787. The van der Waals surface area contributed by atoms with E-state index < -0.39 is 10.8 Å². The minimum absolute atomic E-state index is 0.450. The summed E-state index contributed by atoms with van der Waals surface area (Å²) in [5.74, 6) is 3.19. The van der Waals surface area contributed by atoms with Gasteiger partial charge in [-0.15, -0.1) is 0 Å². The summed E-state index contributed by atoms with van der Waals surface area (Å²) in [6.45, 7) is 4.91. The monoisotopic (exact) mass is 363 g/mol. The first-order valence-electron chi connectivity index (χ1n) is 8.38. The Hall–Kier alpha value is -2.07. The van der Waals surface area contributed by atoms with Gasteiger partial charge in [0.2, 0.25) is 11.8 Å². The smallest absolute Gasteiger partial charge is 0.243 e. The molecule has 4 heterocycles. The van der Waals surface area contributed by atoms with Crippen LogP contribution in [0.2, 0.25) is 0 Å². The molecule has 0 radical (unpaired) electrons. The first kappa shape index (κ1) is 16.4. The number of rotatable bonds is 3. The van der Waals surface area contributed by atoms with Crippen LogP contribution in [-0.4, -0.2) is 82.0 Å². The van der Waals surface area contributed by atoms with Crippen LogP contribution in [0.5, 0.6) is 5.88 Å². The van der Waals surface area contributed by atoms with E-state index in [1.54, 1.807) is 7.11 Å². The zero-order valence-corrected chi connectivity index (χ0v) is 15.0. The predicted molar refractivity (Wildman–Crippen MR) is 96.9 cm³/mol. The number of nitrogens with one attached hydrogen (secondary N) is 1. The van der Waals surface area contributed by atoms with Crippen molar-refractivity contribution in [2.45, 2.75) is 0 Å². The average Bonchev–Trinajstić information content (AvgIpc) is 2.68. The minimum Gasteiger partial charge on any atom is -0.479 e. The van der Waals surface area contributed by atoms with Crippen LogP contribution in [0.4, 0.5) is 11.8 Å². The highest BCUT2D eigenvalue weighted by Gasteiger charge is 2.24. The predicted octanol–water partition coefficient (Wildman–Crippen LogP) is -0.593. The summed E-state index contributed by atoms with van der Waals surface area (Å²) in [4.78, 5) is 22.4. The molecule has 2 aliphatic rings. The fraction of sp³-hybridized carbons (Fsp3) is 0.600. The molecule has 2 aliphatic heterocycles. The maximum Gasteiger partial charge on any atom is 0.243 e. The van der Waals surface area contributed by atoms with Crippen LogP contribution in [0.1, 0.15) is 0 Å². The second-order valence-electron chi connectivity index (χ2n) is 6.00. The standard InChI is InChI=1S/C15H21N7O2S/c1-24-14-12-11(17-10-18-14)13(21-6-8-25(23)9-7-21)20-15(19-12)22-4-2-16-3-5-22/h10,16H,2-9H2,1H3. The summed E-state index contributed by atoms with van der Waals surface area (Å²) < 4.78 is 17.1. The molecule has 0 unspecified atom stereocenters. The van der Waals surface area contributed by atoms with Crippen LogP contribution in [0.25, 0.3) is 11.0 Å². The molecule has 0 amide bonds. The van der Waals surface area contributed by atoms with Crippen molar-refractivity contribution in [2.24, 2.45) is 0 Å². The van der Waals surface area contributed by atoms with Gasteiger partial charge in [0.1, 0.15) is 11.8 Å².